The fourth-order valence-corrected chi connectivity index (χ4v) is 2.19. The van der Waals surface area contributed by atoms with Crippen LogP contribution in [0.2, 0.25) is 5.02 Å². The van der Waals surface area contributed by atoms with E-state index in [0.29, 0.717) is 16.1 Å². The average Bonchev–Trinajstić information content (AvgIpc) is 2.94. The number of carbonyl (C=O) groups excluding carboxylic acids is 1. The van der Waals surface area contributed by atoms with Gasteiger partial charge >= 0.3 is 0 Å². The van der Waals surface area contributed by atoms with E-state index in [1.54, 1.807) is 6.07 Å². The lowest BCUT2D eigenvalue weighted by molar-refractivity contribution is -0.121. The Bertz CT molecular complexity index is 890. The van der Waals surface area contributed by atoms with Crippen LogP contribution in [-0.2, 0) is 11.3 Å². The quantitative estimate of drug-likeness (QED) is 0.565. The van der Waals surface area contributed by atoms with Gasteiger partial charge in [-0.05, 0) is 30.3 Å². The van der Waals surface area contributed by atoms with Crippen molar-refractivity contribution in [2.75, 3.05) is 0 Å². The summed E-state index contributed by atoms with van der Waals surface area (Å²) < 4.78 is 1.48. The number of para-hydroxylation sites is 1. The van der Waals surface area contributed by atoms with E-state index in [-0.39, 0.29) is 18.2 Å². The summed E-state index contributed by atoms with van der Waals surface area (Å²) in [4.78, 5) is 11.9. The number of phenols is 1. The van der Waals surface area contributed by atoms with Crippen LogP contribution in [-0.4, -0.2) is 32.2 Å². The fraction of sp³-hybridized carbons (Fsp3) is 0.0667. The normalized spacial score (nSPS) is 11.2. The predicted molar refractivity (Wildman–Crippen MR) is 86.4 cm³/mol. The van der Waals surface area contributed by atoms with Crippen LogP contribution >= 0.6 is 11.6 Å². The molecule has 0 bridgehead atoms. The maximum Gasteiger partial charge on any atom is 0.261 e. The standard InChI is InChI=1S/C15H12ClN5O2/c16-11-5-6-14(22)10(7-11)8-17-19-15(23)9-21-13-4-2-1-3-12(13)18-20-21/h1-8,22H,9H2,(H,19,23)/b17-8-. The van der Waals surface area contributed by atoms with E-state index in [1.807, 2.05) is 24.3 Å². The van der Waals surface area contributed by atoms with Gasteiger partial charge in [0, 0.05) is 10.6 Å². The number of benzene rings is 2. The van der Waals surface area contributed by atoms with Crippen molar-refractivity contribution in [3.63, 3.8) is 0 Å². The molecule has 0 unspecified atom stereocenters. The topological polar surface area (TPSA) is 92.4 Å². The molecule has 3 aromatic rings. The lowest BCUT2D eigenvalue weighted by Gasteiger charge is -2.02. The first kappa shape index (κ1) is 15.0. The van der Waals surface area contributed by atoms with Crippen LogP contribution in [0, 0.1) is 0 Å². The highest BCUT2D eigenvalue weighted by Crippen LogP contribution is 2.19. The molecule has 1 heterocycles. The molecule has 0 fully saturated rings. The summed E-state index contributed by atoms with van der Waals surface area (Å²) in [5.74, 6) is -0.340. The molecule has 1 amide bonds. The number of nitrogens with zero attached hydrogens (tertiary/aromatic N) is 4. The van der Waals surface area contributed by atoms with Gasteiger partial charge in [-0.3, -0.25) is 4.79 Å². The number of aromatic hydroxyl groups is 1. The number of hydrogen-bond donors (Lipinski definition) is 2. The second kappa shape index (κ2) is 6.45. The number of hydrogen-bond acceptors (Lipinski definition) is 5. The number of rotatable bonds is 4. The van der Waals surface area contributed by atoms with Gasteiger partial charge in [0.2, 0.25) is 0 Å². The minimum Gasteiger partial charge on any atom is -0.507 e. The number of fused-ring (bicyclic) bond motifs is 1. The van der Waals surface area contributed by atoms with E-state index in [9.17, 15) is 9.90 Å². The lowest BCUT2D eigenvalue weighted by Crippen LogP contribution is -2.23. The number of carbonyl (C=O) groups is 1. The van der Waals surface area contributed by atoms with Crippen molar-refractivity contribution in [3.8, 4) is 5.75 Å². The molecular weight excluding hydrogens is 318 g/mol. The first-order chi connectivity index (χ1) is 11.1. The summed E-state index contributed by atoms with van der Waals surface area (Å²) in [6.07, 6.45) is 1.32. The molecule has 0 radical (unpaired) electrons. The lowest BCUT2D eigenvalue weighted by atomic mass is 10.2. The van der Waals surface area contributed by atoms with Crippen molar-refractivity contribution in [2.45, 2.75) is 6.54 Å². The second-order valence-corrected chi connectivity index (χ2v) is 5.17. The minimum atomic E-state index is -0.363. The zero-order valence-corrected chi connectivity index (χ0v) is 12.6. The third-order valence-corrected chi connectivity index (χ3v) is 3.33. The highest BCUT2D eigenvalue weighted by atomic mass is 35.5. The third-order valence-electron chi connectivity index (χ3n) is 3.10. The number of amides is 1. The molecule has 0 aliphatic rings. The molecule has 0 saturated carbocycles. The predicted octanol–water partition coefficient (Wildman–Crippen LogP) is 1.94. The van der Waals surface area contributed by atoms with Gasteiger partial charge in [-0.15, -0.1) is 5.10 Å². The Morgan fingerprint density at radius 1 is 1.35 bits per heavy atom. The van der Waals surface area contributed by atoms with Crippen molar-refractivity contribution in [1.82, 2.24) is 20.4 Å². The Labute approximate surface area is 136 Å². The highest BCUT2D eigenvalue weighted by molar-refractivity contribution is 6.30. The third kappa shape index (κ3) is 3.46. The van der Waals surface area contributed by atoms with Crippen molar-refractivity contribution in [1.29, 1.82) is 0 Å². The summed E-state index contributed by atoms with van der Waals surface area (Å²) in [6, 6.07) is 11.9. The summed E-state index contributed by atoms with van der Waals surface area (Å²) in [6.45, 7) is -0.0145. The second-order valence-electron chi connectivity index (χ2n) is 4.73. The molecule has 3 rings (SSSR count). The average molecular weight is 330 g/mol. The summed E-state index contributed by atoms with van der Waals surface area (Å²) in [5.41, 5.74) is 4.25. The van der Waals surface area contributed by atoms with Crippen molar-refractivity contribution in [2.24, 2.45) is 5.10 Å². The number of phenolic OH excluding ortho intramolecular Hbond substituents is 1. The van der Waals surface area contributed by atoms with Gasteiger partial charge in [0.05, 0.1) is 11.7 Å². The molecule has 0 spiro atoms. The number of halogens is 1. The molecule has 0 aliphatic carbocycles. The van der Waals surface area contributed by atoms with Gasteiger partial charge in [-0.1, -0.05) is 28.9 Å². The van der Waals surface area contributed by atoms with E-state index in [4.69, 9.17) is 11.6 Å². The van der Waals surface area contributed by atoms with Crippen LogP contribution in [0.4, 0.5) is 0 Å². The summed E-state index contributed by atoms with van der Waals surface area (Å²) in [5, 5.41) is 21.8. The minimum absolute atomic E-state index is 0.0145. The fourth-order valence-electron chi connectivity index (χ4n) is 2.01. The maximum absolute atomic E-state index is 11.9. The molecule has 23 heavy (non-hydrogen) atoms. The van der Waals surface area contributed by atoms with Crippen LogP contribution in [0.25, 0.3) is 11.0 Å². The Morgan fingerprint density at radius 2 is 2.17 bits per heavy atom. The Hall–Kier alpha value is -2.93. The zero-order chi connectivity index (χ0) is 16.2. The molecule has 2 N–H and O–H groups in total. The molecule has 0 saturated heterocycles. The Morgan fingerprint density at radius 3 is 3.04 bits per heavy atom. The largest absolute Gasteiger partial charge is 0.507 e. The van der Waals surface area contributed by atoms with Crippen molar-refractivity contribution in [3.05, 3.63) is 53.1 Å². The molecule has 0 aliphatic heterocycles. The van der Waals surface area contributed by atoms with Gasteiger partial charge in [0.15, 0.2) is 0 Å². The van der Waals surface area contributed by atoms with E-state index >= 15 is 0 Å². The van der Waals surface area contributed by atoms with Gasteiger partial charge in [0.1, 0.15) is 17.8 Å². The molecule has 0 atom stereocenters. The molecule has 2 aromatic carbocycles. The molecular formula is C15H12ClN5O2. The van der Waals surface area contributed by atoms with E-state index in [2.05, 4.69) is 20.8 Å². The van der Waals surface area contributed by atoms with Crippen molar-refractivity contribution >= 4 is 34.8 Å². The van der Waals surface area contributed by atoms with E-state index in [0.717, 1.165) is 5.52 Å². The van der Waals surface area contributed by atoms with Crippen LogP contribution in [0.5, 0.6) is 5.75 Å². The van der Waals surface area contributed by atoms with Crippen LogP contribution in [0.15, 0.2) is 47.6 Å². The highest BCUT2D eigenvalue weighted by Gasteiger charge is 2.07. The Balaban J connectivity index is 1.66. The van der Waals surface area contributed by atoms with Crippen molar-refractivity contribution < 1.29 is 9.90 Å². The van der Waals surface area contributed by atoms with Gasteiger partial charge in [-0.2, -0.15) is 5.10 Å². The van der Waals surface area contributed by atoms with Crippen LogP contribution in [0.1, 0.15) is 5.56 Å². The van der Waals surface area contributed by atoms with E-state index < -0.39 is 0 Å². The monoisotopic (exact) mass is 329 g/mol. The van der Waals surface area contributed by atoms with Crippen LogP contribution in [0.3, 0.4) is 0 Å². The summed E-state index contributed by atoms with van der Waals surface area (Å²) >= 11 is 5.83. The van der Waals surface area contributed by atoms with E-state index in [1.165, 1.54) is 23.0 Å². The molecule has 7 nitrogen and oxygen atoms in total. The molecule has 8 heteroatoms. The number of nitrogens with one attached hydrogen (secondary N) is 1. The summed E-state index contributed by atoms with van der Waals surface area (Å²) in [7, 11) is 0. The van der Waals surface area contributed by atoms with Crippen LogP contribution < -0.4 is 5.43 Å². The first-order valence-corrected chi connectivity index (χ1v) is 7.10. The number of aromatic nitrogens is 3. The zero-order valence-electron chi connectivity index (χ0n) is 11.8. The van der Waals surface area contributed by atoms with Gasteiger partial charge < -0.3 is 5.11 Å². The maximum atomic E-state index is 11.9. The SMILES string of the molecule is O=C(Cn1nnc2ccccc21)N/N=C\c1cc(Cl)ccc1O. The molecule has 1 aromatic heterocycles. The smallest absolute Gasteiger partial charge is 0.261 e. The van der Waals surface area contributed by atoms with Gasteiger partial charge in [-0.25, -0.2) is 10.1 Å². The van der Waals surface area contributed by atoms with Gasteiger partial charge in [0.25, 0.3) is 5.91 Å². The number of hydrazone groups is 1. The first-order valence-electron chi connectivity index (χ1n) is 6.72. The molecule has 116 valence electrons. The Kier molecular flexibility index (Phi) is 4.20.